The summed E-state index contributed by atoms with van der Waals surface area (Å²) in [4.78, 5) is 29.7. The molecule has 4 aliphatic rings. The Balaban J connectivity index is 1.19. The maximum Gasteiger partial charge on any atom is 0.337 e. The van der Waals surface area contributed by atoms with Gasteiger partial charge in [-0.2, -0.15) is 0 Å². The van der Waals surface area contributed by atoms with Crippen LogP contribution >= 0.6 is 0 Å². The molecule has 36 heavy (non-hydrogen) atoms. The summed E-state index contributed by atoms with van der Waals surface area (Å²) >= 11 is 0. The Morgan fingerprint density at radius 1 is 0.833 bits per heavy atom. The average Bonchev–Trinajstić information content (AvgIpc) is 3.42. The first kappa shape index (κ1) is 23.6. The summed E-state index contributed by atoms with van der Waals surface area (Å²) in [6, 6.07) is 20.5. The fourth-order valence-corrected chi connectivity index (χ4v) is 5.59. The van der Waals surface area contributed by atoms with E-state index in [9.17, 15) is 9.59 Å². The standard InChI is InChI=1S/C27H30N2O7/c1-32-26(31)24-21-15-29(16-22(33-21)35-24)25(30)23-20-14-28(13-18-10-6-3-7-11-18)19(27(34-20)36-23)12-17-8-4-2-5-9-17/h2-11,19-24,27H,12-16H2,1H3/t19?,20-,21-,22-,23-,24-,27-/m1/s1. The second-order valence-electron chi connectivity index (χ2n) is 9.70. The number of carbonyl (C=O) groups excluding carboxylic acids is 2. The summed E-state index contributed by atoms with van der Waals surface area (Å²) in [7, 11) is 1.31. The van der Waals surface area contributed by atoms with Crippen molar-refractivity contribution < 1.29 is 33.3 Å². The summed E-state index contributed by atoms with van der Waals surface area (Å²) in [5.41, 5.74) is 2.40. The molecular weight excluding hydrogens is 464 g/mol. The molecule has 0 aliphatic carbocycles. The van der Waals surface area contributed by atoms with Crippen LogP contribution in [0.5, 0.6) is 0 Å². The number of amides is 1. The third-order valence-electron chi connectivity index (χ3n) is 7.36. The van der Waals surface area contributed by atoms with Gasteiger partial charge in [0.2, 0.25) is 0 Å². The normalized spacial score (nSPS) is 33.5. The van der Waals surface area contributed by atoms with Crippen molar-refractivity contribution in [1.82, 2.24) is 9.80 Å². The van der Waals surface area contributed by atoms with Gasteiger partial charge in [0, 0.05) is 13.1 Å². The number of carbonyl (C=O) groups is 2. The van der Waals surface area contributed by atoms with E-state index in [0.29, 0.717) is 6.54 Å². The Bertz CT molecular complexity index is 1080. The molecule has 4 fully saturated rings. The van der Waals surface area contributed by atoms with Crippen molar-refractivity contribution in [2.24, 2.45) is 0 Å². The van der Waals surface area contributed by atoms with Crippen molar-refractivity contribution in [3.63, 3.8) is 0 Å². The quantitative estimate of drug-likeness (QED) is 0.557. The summed E-state index contributed by atoms with van der Waals surface area (Å²) in [5.74, 6) is -0.650. The molecule has 0 saturated carbocycles. The maximum atomic E-state index is 13.6. The molecule has 2 aromatic carbocycles. The van der Waals surface area contributed by atoms with Crippen molar-refractivity contribution in [2.45, 2.75) is 56.0 Å². The van der Waals surface area contributed by atoms with E-state index in [1.807, 2.05) is 36.4 Å². The van der Waals surface area contributed by atoms with Gasteiger partial charge in [0.1, 0.15) is 12.2 Å². The van der Waals surface area contributed by atoms with Crippen LogP contribution in [-0.4, -0.2) is 91.5 Å². The molecule has 4 saturated heterocycles. The second kappa shape index (κ2) is 9.91. The Hall–Kier alpha value is -2.82. The average molecular weight is 495 g/mol. The molecule has 0 N–H and O–H groups in total. The largest absolute Gasteiger partial charge is 0.467 e. The first-order valence-corrected chi connectivity index (χ1v) is 12.4. The highest BCUT2D eigenvalue weighted by atomic mass is 16.8. The zero-order valence-electron chi connectivity index (χ0n) is 20.1. The number of morpholine rings is 2. The van der Waals surface area contributed by atoms with Gasteiger partial charge in [-0.1, -0.05) is 60.7 Å². The minimum Gasteiger partial charge on any atom is -0.467 e. The van der Waals surface area contributed by atoms with Gasteiger partial charge in [-0.15, -0.1) is 0 Å². The lowest BCUT2D eigenvalue weighted by Crippen LogP contribution is -2.55. The Morgan fingerprint density at radius 2 is 1.53 bits per heavy atom. The number of esters is 1. The molecule has 4 bridgehead atoms. The number of ether oxygens (including phenoxy) is 5. The van der Waals surface area contributed by atoms with Crippen molar-refractivity contribution in [2.75, 3.05) is 26.7 Å². The monoisotopic (exact) mass is 494 g/mol. The van der Waals surface area contributed by atoms with Crippen molar-refractivity contribution in [1.29, 1.82) is 0 Å². The van der Waals surface area contributed by atoms with Crippen LogP contribution in [0.2, 0.25) is 0 Å². The van der Waals surface area contributed by atoms with E-state index >= 15 is 0 Å². The van der Waals surface area contributed by atoms with Crippen LogP contribution in [-0.2, 0) is 46.2 Å². The van der Waals surface area contributed by atoms with Crippen molar-refractivity contribution in [3.8, 4) is 0 Å². The zero-order valence-corrected chi connectivity index (χ0v) is 20.1. The van der Waals surface area contributed by atoms with Gasteiger partial charge in [0.25, 0.3) is 5.91 Å². The second-order valence-corrected chi connectivity index (χ2v) is 9.70. The number of methoxy groups -OCH3 is 1. The van der Waals surface area contributed by atoms with Gasteiger partial charge in [-0.05, 0) is 17.5 Å². The van der Waals surface area contributed by atoms with Gasteiger partial charge in [0.15, 0.2) is 24.8 Å². The van der Waals surface area contributed by atoms with Crippen LogP contribution in [0.3, 0.4) is 0 Å². The van der Waals surface area contributed by atoms with Crippen LogP contribution in [0.15, 0.2) is 60.7 Å². The Morgan fingerprint density at radius 3 is 2.25 bits per heavy atom. The van der Waals surface area contributed by atoms with E-state index in [4.69, 9.17) is 23.7 Å². The van der Waals surface area contributed by atoms with Gasteiger partial charge < -0.3 is 28.6 Å². The van der Waals surface area contributed by atoms with Crippen LogP contribution < -0.4 is 0 Å². The number of hydrogen-bond acceptors (Lipinski definition) is 8. The number of fused-ring (bicyclic) bond motifs is 4. The van der Waals surface area contributed by atoms with E-state index in [0.717, 1.165) is 13.0 Å². The maximum absolute atomic E-state index is 13.6. The summed E-state index contributed by atoms with van der Waals surface area (Å²) in [6.07, 6.45) is -2.89. The lowest BCUT2D eigenvalue weighted by molar-refractivity contribution is -0.164. The van der Waals surface area contributed by atoms with Gasteiger partial charge >= 0.3 is 5.97 Å². The lowest BCUT2D eigenvalue weighted by atomic mass is 10.0. The molecule has 9 heteroatoms. The fraction of sp³-hybridized carbons (Fsp3) is 0.481. The Kier molecular flexibility index (Phi) is 6.49. The lowest BCUT2D eigenvalue weighted by Gasteiger charge is -2.39. The van der Waals surface area contributed by atoms with Crippen molar-refractivity contribution in [3.05, 3.63) is 71.8 Å². The van der Waals surface area contributed by atoms with E-state index in [-0.39, 0.29) is 31.1 Å². The first-order valence-electron chi connectivity index (χ1n) is 12.4. The number of rotatable bonds is 6. The predicted octanol–water partition coefficient (Wildman–Crippen LogP) is 1.35. The number of hydrogen-bond donors (Lipinski definition) is 0. The smallest absolute Gasteiger partial charge is 0.337 e. The molecule has 0 radical (unpaired) electrons. The molecule has 2 aromatic rings. The third-order valence-corrected chi connectivity index (χ3v) is 7.36. The molecule has 0 aromatic heterocycles. The topological polar surface area (TPSA) is 86.8 Å². The molecule has 7 atom stereocenters. The summed E-state index contributed by atoms with van der Waals surface area (Å²) < 4.78 is 28.8. The van der Waals surface area contributed by atoms with Crippen LogP contribution in [0, 0.1) is 0 Å². The van der Waals surface area contributed by atoms with Crippen LogP contribution in [0.25, 0.3) is 0 Å². The van der Waals surface area contributed by atoms with E-state index in [1.54, 1.807) is 4.90 Å². The molecular formula is C27H30N2O7. The minimum atomic E-state index is -0.825. The molecule has 1 unspecified atom stereocenters. The van der Waals surface area contributed by atoms with Crippen molar-refractivity contribution >= 4 is 11.9 Å². The van der Waals surface area contributed by atoms with E-state index < -0.39 is 36.9 Å². The molecule has 4 heterocycles. The summed E-state index contributed by atoms with van der Waals surface area (Å²) in [5, 5.41) is 0. The molecule has 4 aliphatic heterocycles. The Labute approximate surface area is 209 Å². The van der Waals surface area contributed by atoms with Gasteiger partial charge in [-0.25, -0.2) is 4.79 Å². The summed E-state index contributed by atoms with van der Waals surface area (Å²) in [6.45, 7) is 1.81. The molecule has 0 spiro atoms. The van der Waals surface area contributed by atoms with Crippen LogP contribution in [0.4, 0.5) is 0 Å². The minimum absolute atomic E-state index is 0.0328. The third kappa shape index (κ3) is 4.53. The van der Waals surface area contributed by atoms with Gasteiger partial charge in [0.05, 0.1) is 26.2 Å². The highest BCUT2D eigenvalue weighted by Crippen LogP contribution is 2.35. The number of nitrogens with zero attached hydrogens (tertiary/aromatic N) is 2. The number of benzene rings is 2. The highest BCUT2D eigenvalue weighted by molar-refractivity contribution is 5.82. The zero-order chi connectivity index (χ0) is 24.6. The van der Waals surface area contributed by atoms with E-state index in [2.05, 4.69) is 29.2 Å². The van der Waals surface area contributed by atoms with Crippen LogP contribution in [0.1, 0.15) is 11.1 Å². The molecule has 1 amide bonds. The first-order chi connectivity index (χ1) is 17.6. The molecule has 6 rings (SSSR count). The van der Waals surface area contributed by atoms with Gasteiger partial charge in [-0.3, -0.25) is 9.69 Å². The fourth-order valence-electron chi connectivity index (χ4n) is 5.59. The van der Waals surface area contributed by atoms with E-state index in [1.165, 1.54) is 18.2 Å². The predicted molar refractivity (Wildman–Crippen MR) is 126 cm³/mol. The molecule has 190 valence electrons. The molecule has 9 nitrogen and oxygen atoms in total. The SMILES string of the molecule is COC(=O)[C@@H]1O[C@@H]2CN(C(=O)[C@@H]3O[C@H]4O[C@@H]3CN(Cc3ccccc3)C4Cc3ccccc3)C[C@H]1O2. The highest BCUT2D eigenvalue weighted by Gasteiger charge is 2.54.